The van der Waals surface area contributed by atoms with Crippen molar-refractivity contribution >= 4 is 5.96 Å². The Labute approximate surface area is 165 Å². The first-order valence-corrected chi connectivity index (χ1v) is 9.47. The van der Waals surface area contributed by atoms with Crippen LogP contribution in [-0.4, -0.2) is 22.3 Å². The molecule has 0 unspecified atom stereocenters. The molecule has 0 amide bonds. The monoisotopic (exact) mass is 379 g/mol. The maximum absolute atomic E-state index is 13.7. The summed E-state index contributed by atoms with van der Waals surface area (Å²) in [6.45, 7) is 6.32. The van der Waals surface area contributed by atoms with E-state index in [4.69, 9.17) is 0 Å². The maximum Gasteiger partial charge on any atom is 0.191 e. The molecule has 6 heteroatoms. The molecule has 0 atom stereocenters. The Morgan fingerprint density at radius 2 is 1.93 bits per heavy atom. The molecule has 0 aliphatic heterocycles. The number of aromatic nitrogens is 2. The molecule has 5 nitrogen and oxygen atoms in total. The summed E-state index contributed by atoms with van der Waals surface area (Å²) in [7, 11) is 0. The fourth-order valence-electron chi connectivity index (χ4n) is 2.88. The number of nitrogens with one attached hydrogen (secondary N) is 2. The van der Waals surface area contributed by atoms with Gasteiger partial charge in [0.2, 0.25) is 0 Å². The third kappa shape index (κ3) is 5.42. The highest BCUT2D eigenvalue weighted by Gasteiger charge is 2.05. The molecular formula is C22H26FN5. The zero-order valence-corrected chi connectivity index (χ0v) is 16.3. The molecule has 146 valence electrons. The van der Waals surface area contributed by atoms with Crippen molar-refractivity contribution in [3.63, 3.8) is 0 Å². The normalized spacial score (nSPS) is 11.5. The molecule has 2 aromatic carbocycles. The maximum atomic E-state index is 13.7. The molecule has 0 aliphatic carbocycles. The van der Waals surface area contributed by atoms with Gasteiger partial charge in [0.05, 0.1) is 13.1 Å². The fourth-order valence-corrected chi connectivity index (χ4v) is 2.88. The predicted octanol–water partition coefficient (Wildman–Crippen LogP) is 3.63. The van der Waals surface area contributed by atoms with E-state index < -0.39 is 0 Å². The quantitative estimate of drug-likeness (QED) is 0.487. The molecule has 3 rings (SSSR count). The Balaban J connectivity index is 1.67. The van der Waals surface area contributed by atoms with Gasteiger partial charge in [-0.1, -0.05) is 36.4 Å². The highest BCUT2D eigenvalue weighted by atomic mass is 19.1. The molecule has 28 heavy (non-hydrogen) atoms. The fraction of sp³-hybridized carbons (Fsp3) is 0.273. The Bertz CT molecular complexity index is 918. The number of hydrogen-bond acceptors (Lipinski definition) is 2. The first-order chi connectivity index (χ1) is 13.7. The van der Waals surface area contributed by atoms with Gasteiger partial charge in [0, 0.05) is 25.5 Å². The lowest BCUT2D eigenvalue weighted by atomic mass is 10.1. The van der Waals surface area contributed by atoms with E-state index in [-0.39, 0.29) is 5.82 Å². The summed E-state index contributed by atoms with van der Waals surface area (Å²) in [5, 5.41) is 10.9. The lowest BCUT2D eigenvalue weighted by Crippen LogP contribution is -2.37. The average molecular weight is 379 g/mol. The van der Waals surface area contributed by atoms with Crippen molar-refractivity contribution in [1.29, 1.82) is 0 Å². The lowest BCUT2D eigenvalue weighted by Gasteiger charge is -2.14. The predicted molar refractivity (Wildman–Crippen MR) is 111 cm³/mol. The number of guanidine groups is 1. The molecule has 0 aliphatic rings. The van der Waals surface area contributed by atoms with Crippen LogP contribution in [-0.2, 0) is 19.6 Å². The smallest absolute Gasteiger partial charge is 0.191 e. The second-order valence-electron chi connectivity index (χ2n) is 6.60. The van der Waals surface area contributed by atoms with E-state index in [9.17, 15) is 4.39 Å². The van der Waals surface area contributed by atoms with Gasteiger partial charge in [-0.2, -0.15) is 5.10 Å². The Kier molecular flexibility index (Phi) is 6.78. The number of nitrogens with zero attached hydrogens (tertiary/aromatic N) is 3. The topological polar surface area (TPSA) is 54.2 Å². The standard InChI is InChI=1S/C22H26FN5/c1-3-24-22(25-14-18-10-9-17(2)21(23)13-18)26-15-19-7-4-5-8-20(19)16-28-12-6-11-27-28/h4-13H,3,14-16H2,1-2H3,(H2,24,25,26). The molecule has 2 N–H and O–H groups in total. The van der Waals surface area contributed by atoms with Crippen LogP contribution in [0, 0.1) is 12.7 Å². The molecular weight excluding hydrogens is 353 g/mol. The van der Waals surface area contributed by atoms with Crippen LogP contribution in [0.5, 0.6) is 0 Å². The van der Waals surface area contributed by atoms with Crippen LogP contribution < -0.4 is 10.6 Å². The number of rotatable bonds is 7. The third-order valence-electron chi connectivity index (χ3n) is 4.46. The molecule has 3 aromatic rings. The minimum absolute atomic E-state index is 0.196. The summed E-state index contributed by atoms with van der Waals surface area (Å²) in [5.41, 5.74) is 3.88. The summed E-state index contributed by atoms with van der Waals surface area (Å²) in [4.78, 5) is 4.59. The van der Waals surface area contributed by atoms with Crippen molar-refractivity contribution in [1.82, 2.24) is 20.4 Å². The van der Waals surface area contributed by atoms with Crippen LogP contribution in [0.2, 0.25) is 0 Å². The Hall–Kier alpha value is -3.15. The van der Waals surface area contributed by atoms with E-state index in [0.29, 0.717) is 24.6 Å². The molecule has 0 saturated heterocycles. The first-order valence-electron chi connectivity index (χ1n) is 9.47. The van der Waals surface area contributed by atoms with Gasteiger partial charge in [-0.3, -0.25) is 4.68 Å². The van der Waals surface area contributed by atoms with Crippen LogP contribution in [0.15, 0.2) is 65.9 Å². The molecule has 1 heterocycles. The van der Waals surface area contributed by atoms with Gasteiger partial charge in [0.15, 0.2) is 5.96 Å². The van der Waals surface area contributed by atoms with Crippen molar-refractivity contribution < 1.29 is 4.39 Å². The van der Waals surface area contributed by atoms with Gasteiger partial charge in [-0.05, 0) is 48.2 Å². The van der Waals surface area contributed by atoms with Gasteiger partial charge >= 0.3 is 0 Å². The first kappa shape index (κ1) is 19.6. The van der Waals surface area contributed by atoms with E-state index in [1.54, 1.807) is 25.3 Å². The zero-order valence-electron chi connectivity index (χ0n) is 16.3. The number of benzene rings is 2. The lowest BCUT2D eigenvalue weighted by molar-refractivity contribution is 0.616. The van der Waals surface area contributed by atoms with Gasteiger partial charge in [-0.25, -0.2) is 9.38 Å². The Morgan fingerprint density at radius 3 is 2.64 bits per heavy atom. The van der Waals surface area contributed by atoms with E-state index >= 15 is 0 Å². The summed E-state index contributed by atoms with van der Waals surface area (Å²) >= 11 is 0. The minimum atomic E-state index is -0.196. The number of aliphatic imine (C=N–C) groups is 1. The zero-order chi connectivity index (χ0) is 19.8. The SMILES string of the molecule is CCNC(=NCc1ccc(C)c(F)c1)NCc1ccccc1Cn1cccn1. The molecule has 0 radical (unpaired) electrons. The van der Waals surface area contributed by atoms with Crippen molar-refractivity contribution in [3.05, 3.63) is 89.0 Å². The molecule has 0 saturated carbocycles. The third-order valence-corrected chi connectivity index (χ3v) is 4.46. The van der Waals surface area contributed by atoms with Gasteiger partial charge < -0.3 is 10.6 Å². The van der Waals surface area contributed by atoms with Crippen LogP contribution in [0.25, 0.3) is 0 Å². The molecule has 0 spiro atoms. The van der Waals surface area contributed by atoms with E-state index in [2.05, 4.69) is 32.9 Å². The van der Waals surface area contributed by atoms with Crippen molar-refractivity contribution in [2.24, 2.45) is 4.99 Å². The van der Waals surface area contributed by atoms with Crippen LogP contribution in [0.1, 0.15) is 29.2 Å². The second-order valence-corrected chi connectivity index (χ2v) is 6.60. The molecule has 0 fully saturated rings. The van der Waals surface area contributed by atoms with Gasteiger partial charge in [0.25, 0.3) is 0 Å². The summed E-state index contributed by atoms with van der Waals surface area (Å²) < 4.78 is 15.6. The van der Waals surface area contributed by atoms with Crippen LogP contribution in [0.4, 0.5) is 4.39 Å². The highest BCUT2D eigenvalue weighted by Crippen LogP contribution is 2.11. The van der Waals surface area contributed by atoms with Crippen LogP contribution in [0.3, 0.4) is 0 Å². The molecule has 1 aromatic heterocycles. The van der Waals surface area contributed by atoms with E-state index in [1.165, 1.54) is 11.1 Å². The van der Waals surface area contributed by atoms with E-state index in [0.717, 1.165) is 18.7 Å². The van der Waals surface area contributed by atoms with Crippen LogP contribution >= 0.6 is 0 Å². The number of halogens is 1. The van der Waals surface area contributed by atoms with Crippen molar-refractivity contribution in [2.45, 2.75) is 33.5 Å². The summed E-state index contributed by atoms with van der Waals surface area (Å²) in [5.74, 6) is 0.510. The number of aryl methyl sites for hydroxylation is 1. The number of hydrogen-bond donors (Lipinski definition) is 2. The Morgan fingerprint density at radius 1 is 1.11 bits per heavy atom. The average Bonchev–Trinajstić information content (AvgIpc) is 3.21. The van der Waals surface area contributed by atoms with E-state index in [1.807, 2.05) is 42.1 Å². The largest absolute Gasteiger partial charge is 0.357 e. The second kappa shape index (κ2) is 9.69. The van der Waals surface area contributed by atoms with Gasteiger partial charge in [-0.15, -0.1) is 0 Å². The van der Waals surface area contributed by atoms with Crippen molar-refractivity contribution in [2.75, 3.05) is 6.54 Å². The molecule has 0 bridgehead atoms. The highest BCUT2D eigenvalue weighted by molar-refractivity contribution is 5.79. The minimum Gasteiger partial charge on any atom is -0.357 e. The van der Waals surface area contributed by atoms with Gasteiger partial charge in [0.1, 0.15) is 5.82 Å². The summed E-state index contributed by atoms with van der Waals surface area (Å²) in [6.07, 6.45) is 3.74. The van der Waals surface area contributed by atoms with Crippen molar-refractivity contribution in [3.8, 4) is 0 Å². The summed E-state index contributed by atoms with van der Waals surface area (Å²) in [6, 6.07) is 15.4.